The molecular formula is C11H12BrFN2O5. The summed E-state index contributed by atoms with van der Waals surface area (Å²) < 4.78 is 20.1. The van der Waals surface area contributed by atoms with Crippen LogP contribution in [0, 0.1) is 0 Å². The van der Waals surface area contributed by atoms with Crippen molar-refractivity contribution in [2.45, 2.75) is 24.6 Å². The van der Waals surface area contributed by atoms with E-state index in [-0.39, 0.29) is 10.0 Å². The quantitative estimate of drug-likeness (QED) is 0.681. The van der Waals surface area contributed by atoms with E-state index in [9.17, 15) is 19.1 Å². The van der Waals surface area contributed by atoms with Crippen molar-refractivity contribution in [2.24, 2.45) is 0 Å². The molecule has 9 heteroatoms. The number of aliphatic hydroxyl groups is 2. The summed E-state index contributed by atoms with van der Waals surface area (Å²) in [4.78, 5) is 25.3. The number of rotatable bonds is 3. The zero-order valence-corrected chi connectivity index (χ0v) is 11.7. The van der Waals surface area contributed by atoms with Crippen molar-refractivity contribution in [1.29, 1.82) is 0 Å². The number of aliphatic hydroxyl groups excluding tert-OH is 2. The number of hydrogen-bond acceptors (Lipinski definition) is 5. The zero-order chi connectivity index (χ0) is 15.0. The van der Waals surface area contributed by atoms with E-state index in [0.717, 1.165) is 10.8 Å². The molecule has 0 amide bonds. The Morgan fingerprint density at radius 3 is 2.75 bits per heavy atom. The molecule has 0 radical (unpaired) electrons. The minimum atomic E-state index is -1.91. The highest BCUT2D eigenvalue weighted by molar-refractivity contribution is 9.15. The maximum absolute atomic E-state index is 13.9. The van der Waals surface area contributed by atoms with Gasteiger partial charge in [0.25, 0.3) is 5.56 Å². The zero-order valence-electron chi connectivity index (χ0n) is 10.1. The van der Waals surface area contributed by atoms with E-state index in [0.29, 0.717) is 0 Å². The number of hydrogen-bond donors (Lipinski definition) is 3. The Labute approximate surface area is 120 Å². The third kappa shape index (κ3) is 2.49. The smallest absolute Gasteiger partial charge is 0.330 e. The van der Waals surface area contributed by atoms with E-state index >= 15 is 0 Å². The molecule has 110 valence electrons. The number of alkyl halides is 1. The molecule has 7 nitrogen and oxygen atoms in total. The average molecular weight is 351 g/mol. The lowest BCUT2D eigenvalue weighted by Crippen LogP contribution is -2.37. The molecule has 0 aliphatic carbocycles. The summed E-state index contributed by atoms with van der Waals surface area (Å²) in [6.45, 7) is 2.92. The highest BCUT2D eigenvalue weighted by Crippen LogP contribution is 2.31. The number of nitrogens with one attached hydrogen (secondary N) is 1. The molecule has 20 heavy (non-hydrogen) atoms. The van der Waals surface area contributed by atoms with Crippen LogP contribution in [0.25, 0.3) is 4.48 Å². The first kappa shape index (κ1) is 15.1. The first-order valence-corrected chi connectivity index (χ1v) is 6.44. The number of ether oxygens (including phenoxy) is 1. The topological polar surface area (TPSA) is 105 Å². The molecule has 2 rings (SSSR count). The summed E-state index contributed by atoms with van der Waals surface area (Å²) in [5.74, 6) is 0. The molecule has 1 unspecified atom stereocenters. The van der Waals surface area contributed by atoms with Crippen LogP contribution in [0.1, 0.15) is 11.8 Å². The summed E-state index contributed by atoms with van der Waals surface area (Å²) in [5, 5.41) is 18.5. The molecule has 0 saturated carbocycles. The fraction of sp³-hybridized carbons (Fsp3) is 0.455. The highest BCUT2D eigenvalue weighted by Gasteiger charge is 2.45. The molecule has 0 spiro atoms. The summed E-state index contributed by atoms with van der Waals surface area (Å²) in [6, 6.07) is 0. The molecule has 0 bridgehead atoms. The van der Waals surface area contributed by atoms with Crippen molar-refractivity contribution in [2.75, 3.05) is 6.61 Å². The van der Waals surface area contributed by atoms with Gasteiger partial charge < -0.3 is 14.9 Å². The Hall–Kier alpha value is -1.29. The second kappa shape index (κ2) is 5.60. The maximum atomic E-state index is 13.9. The van der Waals surface area contributed by atoms with Crippen LogP contribution < -0.4 is 11.2 Å². The van der Waals surface area contributed by atoms with Crippen LogP contribution in [0.3, 0.4) is 0 Å². The van der Waals surface area contributed by atoms with Gasteiger partial charge in [-0.15, -0.1) is 0 Å². The summed E-state index contributed by atoms with van der Waals surface area (Å²) in [5.41, 5.74) is -1.53. The number of aromatic amines is 1. The van der Waals surface area contributed by atoms with Gasteiger partial charge in [-0.2, -0.15) is 0 Å². The monoisotopic (exact) mass is 350 g/mol. The summed E-state index contributed by atoms with van der Waals surface area (Å²) in [7, 11) is 0. The van der Waals surface area contributed by atoms with Gasteiger partial charge in [0.15, 0.2) is 12.4 Å². The highest BCUT2D eigenvalue weighted by atomic mass is 79.9. The number of aromatic nitrogens is 2. The van der Waals surface area contributed by atoms with Gasteiger partial charge in [0.05, 0.1) is 12.2 Å². The molecule has 2 heterocycles. The Morgan fingerprint density at radius 1 is 1.60 bits per heavy atom. The van der Waals surface area contributed by atoms with E-state index in [1.165, 1.54) is 0 Å². The Kier molecular flexibility index (Phi) is 4.23. The van der Waals surface area contributed by atoms with Crippen molar-refractivity contribution < 1.29 is 19.3 Å². The van der Waals surface area contributed by atoms with E-state index in [2.05, 4.69) is 22.5 Å². The standard InChI is InChI=1S/C11H12BrFN2O5/c1-4(12)5-2-15(11(19)14-9(5)18)10-7(13)8(17)6(3-16)20-10/h2,6-8,10,16-17H,1,3H2,(H,14,18,19)/t6-,7?,8-,10-/m1/s1. The normalized spacial score (nSPS) is 29.6. The van der Waals surface area contributed by atoms with Crippen molar-refractivity contribution in [3.8, 4) is 0 Å². The maximum Gasteiger partial charge on any atom is 0.330 e. The largest absolute Gasteiger partial charge is 0.394 e. The van der Waals surface area contributed by atoms with Gasteiger partial charge >= 0.3 is 5.69 Å². The molecule has 3 N–H and O–H groups in total. The predicted octanol–water partition coefficient (Wildman–Crippen LogP) is -0.509. The second-order valence-electron chi connectivity index (χ2n) is 4.30. The van der Waals surface area contributed by atoms with Crippen LogP contribution in [-0.4, -0.2) is 44.8 Å². The van der Waals surface area contributed by atoms with Crippen LogP contribution in [0.2, 0.25) is 0 Å². The van der Waals surface area contributed by atoms with Gasteiger partial charge in [0.2, 0.25) is 0 Å². The second-order valence-corrected chi connectivity index (χ2v) is 5.25. The van der Waals surface area contributed by atoms with Crippen molar-refractivity contribution in [1.82, 2.24) is 9.55 Å². The predicted molar refractivity (Wildman–Crippen MR) is 71.2 cm³/mol. The lowest BCUT2D eigenvalue weighted by atomic mass is 10.1. The number of nitrogens with zero attached hydrogens (tertiary/aromatic N) is 1. The molecule has 1 aliphatic heterocycles. The minimum Gasteiger partial charge on any atom is -0.394 e. The molecule has 1 fully saturated rings. The van der Waals surface area contributed by atoms with Gasteiger partial charge in [-0.3, -0.25) is 14.3 Å². The van der Waals surface area contributed by atoms with Crippen LogP contribution in [0.4, 0.5) is 4.39 Å². The van der Waals surface area contributed by atoms with Crippen molar-refractivity contribution in [3.63, 3.8) is 0 Å². The molecule has 0 aromatic carbocycles. The number of H-pyrrole nitrogens is 1. The van der Waals surface area contributed by atoms with E-state index < -0.39 is 42.5 Å². The molecule has 4 atom stereocenters. The van der Waals surface area contributed by atoms with Gasteiger partial charge in [0.1, 0.15) is 12.2 Å². The van der Waals surface area contributed by atoms with Gasteiger partial charge in [-0.1, -0.05) is 22.5 Å². The summed E-state index contributed by atoms with van der Waals surface area (Å²) >= 11 is 3.00. The average Bonchev–Trinajstić information content (AvgIpc) is 2.66. The molecule has 1 saturated heterocycles. The molecule has 1 aromatic rings. The Balaban J connectivity index is 2.48. The lowest BCUT2D eigenvalue weighted by Gasteiger charge is -2.16. The van der Waals surface area contributed by atoms with Crippen molar-refractivity contribution >= 4 is 20.4 Å². The van der Waals surface area contributed by atoms with Crippen LogP contribution >= 0.6 is 15.9 Å². The first-order valence-electron chi connectivity index (χ1n) is 5.65. The third-order valence-corrected chi connectivity index (χ3v) is 3.44. The first-order chi connectivity index (χ1) is 9.36. The van der Waals surface area contributed by atoms with Gasteiger partial charge in [-0.25, -0.2) is 9.18 Å². The number of halogens is 2. The SMILES string of the molecule is C=C(Br)c1cn([C@@H]2O[C@H](CO)[C@@H](O)C2F)c(=O)[nH]c1=O. The van der Waals surface area contributed by atoms with Crippen LogP contribution in [0.15, 0.2) is 22.4 Å². The molecule has 1 aromatic heterocycles. The van der Waals surface area contributed by atoms with E-state index in [1.54, 1.807) is 0 Å². The fourth-order valence-corrected chi connectivity index (χ4v) is 2.23. The van der Waals surface area contributed by atoms with Gasteiger partial charge in [-0.05, 0) is 0 Å². The Bertz CT molecular complexity index is 642. The fourth-order valence-electron chi connectivity index (χ4n) is 1.95. The lowest BCUT2D eigenvalue weighted by molar-refractivity contribution is -0.0491. The summed E-state index contributed by atoms with van der Waals surface area (Å²) in [6.07, 6.45) is -4.95. The third-order valence-electron chi connectivity index (χ3n) is 3.01. The van der Waals surface area contributed by atoms with E-state index in [1.807, 2.05) is 4.98 Å². The van der Waals surface area contributed by atoms with Crippen LogP contribution in [-0.2, 0) is 4.74 Å². The Morgan fingerprint density at radius 2 is 2.25 bits per heavy atom. The van der Waals surface area contributed by atoms with Gasteiger partial charge in [0, 0.05) is 10.7 Å². The van der Waals surface area contributed by atoms with Crippen LogP contribution in [0.5, 0.6) is 0 Å². The van der Waals surface area contributed by atoms with Crippen molar-refractivity contribution in [3.05, 3.63) is 39.2 Å². The molecule has 1 aliphatic rings. The minimum absolute atomic E-state index is 0.0299. The molecular weight excluding hydrogens is 339 g/mol. The van der Waals surface area contributed by atoms with E-state index in [4.69, 9.17) is 9.84 Å².